The van der Waals surface area contributed by atoms with Crippen LogP contribution >= 0.6 is 0 Å². The van der Waals surface area contributed by atoms with E-state index in [1.807, 2.05) is 61.5 Å². The molecule has 0 radical (unpaired) electrons. The molecule has 0 saturated carbocycles. The Bertz CT molecular complexity index is 1110. The lowest BCUT2D eigenvalue weighted by atomic mass is 10.1. The molecule has 132 valence electrons. The normalized spacial score (nSPS) is 10.6. The fourth-order valence-electron chi connectivity index (χ4n) is 2.89. The lowest BCUT2D eigenvalue weighted by Crippen LogP contribution is -2.11. The van der Waals surface area contributed by atoms with E-state index in [0.29, 0.717) is 17.1 Å². The molecule has 0 unspecified atom stereocenters. The highest BCUT2D eigenvalue weighted by atomic mass is 16.1. The number of benzene rings is 3. The Morgan fingerprint density at radius 2 is 1.70 bits per heavy atom. The number of hydrogen-bond donors (Lipinski definition) is 2. The maximum absolute atomic E-state index is 12.4. The van der Waals surface area contributed by atoms with Crippen molar-refractivity contribution in [1.29, 1.82) is 0 Å². The van der Waals surface area contributed by atoms with E-state index in [4.69, 9.17) is 0 Å². The van der Waals surface area contributed by atoms with Crippen molar-refractivity contribution in [3.8, 4) is 0 Å². The van der Waals surface area contributed by atoms with E-state index in [2.05, 4.69) is 26.7 Å². The molecule has 1 heterocycles. The Balaban J connectivity index is 1.66. The summed E-state index contributed by atoms with van der Waals surface area (Å²) in [6.07, 6.45) is 1.53. The number of carbonyl (C=O) groups excluding carboxylic acids is 1. The van der Waals surface area contributed by atoms with Gasteiger partial charge < -0.3 is 10.6 Å². The van der Waals surface area contributed by atoms with Gasteiger partial charge >= 0.3 is 0 Å². The van der Waals surface area contributed by atoms with Crippen molar-refractivity contribution < 1.29 is 4.79 Å². The van der Waals surface area contributed by atoms with Gasteiger partial charge in [0.2, 0.25) is 0 Å². The molecule has 0 aliphatic rings. The monoisotopic (exact) mass is 354 g/mol. The molecule has 1 aromatic heterocycles. The molecule has 27 heavy (non-hydrogen) atoms. The predicted molar refractivity (Wildman–Crippen MR) is 108 cm³/mol. The average molecular weight is 354 g/mol. The standard InChI is InChI=1S/C22H18N4O/c1-15-6-5-9-17(12-15)25-21-19-13-18(10-11-20(19)23-14-24-21)26-22(27)16-7-3-2-4-8-16/h2-14H,1H3,(H,26,27)(H,23,24,25). The minimum absolute atomic E-state index is 0.153. The summed E-state index contributed by atoms with van der Waals surface area (Å²) in [6, 6.07) is 22.8. The highest BCUT2D eigenvalue weighted by Crippen LogP contribution is 2.26. The van der Waals surface area contributed by atoms with Gasteiger partial charge in [-0.2, -0.15) is 0 Å². The zero-order valence-corrected chi connectivity index (χ0v) is 14.8. The molecule has 5 nitrogen and oxygen atoms in total. The van der Waals surface area contributed by atoms with Gasteiger partial charge in [0.15, 0.2) is 0 Å². The van der Waals surface area contributed by atoms with Crippen LogP contribution in [0.1, 0.15) is 15.9 Å². The van der Waals surface area contributed by atoms with Crippen molar-refractivity contribution >= 4 is 34.0 Å². The van der Waals surface area contributed by atoms with Gasteiger partial charge in [-0.25, -0.2) is 9.97 Å². The maximum atomic E-state index is 12.4. The van der Waals surface area contributed by atoms with Gasteiger partial charge in [-0.05, 0) is 55.0 Å². The number of carbonyl (C=O) groups is 1. The van der Waals surface area contributed by atoms with Crippen molar-refractivity contribution in [2.24, 2.45) is 0 Å². The maximum Gasteiger partial charge on any atom is 0.255 e. The molecule has 0 aliphatic carbocycles. The molecule has 4 aromatic rings. The highest BCUT2D eigenvalue weighted by Gasteiger charge is 2.09. The third-order valence-corrected chi connectivity index (χ3v) is 4.21. The van der Waals surface area contributed by atoms with Gasteiger partial charge in [0.05, 0.1) is 5.52 Å². The van der Waals surface area contributed by atoms with Crippen LogP contribution in [0.4, 0.5) is 17.2 Å². The van der Waals surface area contributed by atoms with Crippen LogP contribution in [0.5, 0.6) is 0 Å². The predicted octanol–water partition coefficient (Wildman–Crippen LogP) is 4.93. The zero-order chi connectivity index (χ0) is 18.6. The van der Waals surface area contributed by atoms with Crippen molar-refractivity contribution in [3.05, 3.63) is 90.3 Å². The minimum atomic E-state index is -0.153. The number of anilines is 3. The van der Waals surface area contributed by atoms with Crippen LogP contribution in [0.25, 0.3) is 10.9 Å². The minimum Gasteiger partial charge on any atom is -0.340 e. The third kappa shape index (κ3) is 3.77. The molecule has 0 spiro atoms. The number of amides is 1. The van der Waals surface area contributed by atoms with Crippen molar-refractivity contribution in [2.75, 3.05) is 10.6 Å². The molecule has 0 aliphatic heterocycles. The van der Waals surface area contributed by atoms with E-state index < -0.39 is 0 Å². The van der Waals surface area contributed by atoms with Crippen LogP contribution < -0.4 is 10.6 Å². The van der Waals surface area contributed by atoms with Crippen LogP contribution in [-0.4, -0.2) is 15.9 Å². The number of nitrogens with one attached hydrogen (secondary N) is 2. The molecule has 0 fully saturated rings. The van der Waals surface area contributed by atoms with Gasteiger partial charge in [-0.15, -0.1) is 0 Å². The fourth-order valence-corrected chi connectivity index (χ4v) is 2.89. The smallest absolute Gasteiger partial charge is 0.255 e. The molecule has 4 rings (SSSR count). The third-order valence-electron chi connectivity index (χ3n) is 4.21. The van der Waals surface area contributed by atoms with E-state index in [-0.39, 0.29) is 5.91 Å². The first-order chi connectivity index (χ1) is 13.2. The molecule has 2 N–H and O–H groups in total. The van der Waals surface area contributed by atoms with Crippen LogP contribution in [0, 0.1) is 6.92 Å². The Morgan fingerprint density at radius 1 is 0.852 bits per heavy atom. The van der Waals surface area contributed by atoms with Crippen molar-refractivity contribution in [3.63, 3.8) is 0 Å². The quantitative estimate of drug-likeness (QED) is 0.545. The molecule has 5 heteroatoms. The van der Waals surface area contributed by atoms with Gasteiger partial charge in [0.1, 0.15) is 12.1 Å². The van der Waals surface area contributed by atoms with Crippen LogP contribution in [0.3, 0.4) is 0 Å². The Morgan fingerprint density at radius 3 is 2.52 bits per heavy atom. The first-order valence-corrected chi connectivity index (χ1v) is 8.64. The highest BCUT2D eigenvalue weighted by molar-refractivity contribution is 6.05. The van der Waals surface area contributed by atoms with E-state index in [1.54, 1.807) is 12.1 Å². The number of rotatable bonds is 4. The van der Waals surface area contributed by atoms with Crippen molar-refractivity contribution in [2.45, 2.75) is 6.92 Å². The first kappa shape index (κ1) is 16.7. The Labute approximate surface area is 157 Å². The first-order valence-electron chi connectivity index (χ1n) is 8.64. The summed E-state index contributed by atoms with van der Waals surface area (Å²) in [6.45, 7) is 2.04. The van der Waals surface area contributed by atoms with E-state index in [0.717, 1.165) is 22.2 Å². The number of hydrogen-bond acceptors (Lipinski definition) is 4. The SMILES string of the molecule is Cc1cccc(Nc2ncnc3ccc(NC(=O)c4ccccc4)cc23)c1. The summed E-state index contributed by atoms with van der Waals surface area (Å²) < 4.78 is 0. The molecule has 0 saturated heterocycles. The molecule has 0 atom stereocenters. The van der Waals surface area contributed by atoms with E-state index in [9.17, 15) is 4.79 Å². The molecular weight excluding hydrogens is 336 g/mol. The molecule has 0 bridgehead atoms. The van der Waals surface area contributed by atoms with Crippen molar-refractivity contribution in [1.82, 2.24) is 9.97 Å². The zero-order valence-electron chi connectivity index (χ0n) is 14.8. The number of fused-ring (bicyclic) bond motifs is 1. The second-order valence-electron chi connectivity index (χ2n) is 6.27. The van der Waals surface area contributed by atoms with Crippen LogP contribution in [0.2, 0.25) is 0 Å². The molecule has 1 amide bonds. The lowest BCUT2D eigenvalue weighted by Gasteiger charge is -2.11. The molecular formula is C22H18N4O. The van der Waals surface area contributed by atoms with Gasteiger partial charge in [0, 0.05) is 22.3 Å². The molecule has 3 aromatic carbocycles. The number of nitrogens with zero attached hydrogens (tertiary/aromatic N) is 2. The summed E-state index contributed by atoms with van der Waals surface area (Å²) in [5.41, 5.74) is 4.22. The Kier molecular flexibility index (Phi) is 4.49. The lowest BCUT2D eigenvalue weighted by molar-refractivity contribution is 0.102. The second kappa shape index (κ2) is 7.25. The summed E-state index contributed by atoms with van der Waals surface area (Å²) >= 11 is 0. The van der Waals surface area contributed by atoms with Gasteiger partial charge in [0.25, 0.3) is 5.91 Å². The van der Waals surface area contributed by atoms with Gasteiger partial charge in [-0.1, -0.05) is 30.3 Å². The second-order valence-corrected chi connectivity index (χ2v) is 6.27. The average Bonchev–Trinajstić information content (AvgIpc) is 2.69. The number of aryl methyl sites for hydroxylation is 1. The summed E-state index contributed by atoms with van der Waals surface area (Å²) in [5, 5.41) is 7.10. The summed E-state index contributed by atoms with van der Waals surface area (Å²) in [5.74, 6) is 0.543. The fraction of sp³-hybridized carbons (Fsp3) is 0.0455. The largest absolute Gasteiger partial charge is 0.340 e. The van der Waals surface area contributed by atoms with Crippen LogP contribution in [-0.2, 0) is 0 Å². The topological polar surface area (TPSA) is 66.9 Å². The summed E-state index contributed by atoms with van der Waals surface area (Å²) in [7, 11) is 0. The number of aromatic nitrogens is 2. The van der Waals surface area contributed by atoms with Gasteiger partial charge in [-0.3, -0.25) is 4.79 Å². The van der Waals surface area contributed by atoms with E-state index >= 15 is 0 Å². The van der Waals surface area contributed by atoms with Crippen LogP contribution in [0.15, 0.2) is 79.1 Å². The Hall–Kier alpha value is -3.73. The van der Waals surface area contributed by atoms with E-state index in [1.165, 1.54) is 6.33 Å². The summed E-state index contributed by atoms with van der Waals surface area (Å²) in [4.78, 5) is 21.1.